The summed E-state index contributed by atoms with van der Waals surface area (Å²) in [5, 5.41) is 3.39. The molecule has 1 saturated carbocycles. The molecule has 5 nitrogen and oxygen atoms in total. The number of pyridine rings is 2. The molecule has 0 aromatic carbocycles. The summed E-state index contributed by atoms with van der Waals surface area (Å²) in [4.78, 5) is 21.4. The van der Waals surface area contributed by atoms with Gasteiger partial charge in [0.2, 0.25) is 0 Å². The van der Waals surface area contributed by atoms with E-state index in [4.69, 9.17) is 11.6 Å². The van der Waals surface area contributed by atoms with E-state index >= 15 is 0 Å². The number of aromatic nitrogens is 2. The number of nitrogens with one attached hydrogen (secondary N) is 1. The Bertz CT molecular complexity index is 775. The van der Waals surface area contributed by atoms with Crippen LogP contribution in [0.1, 0.15) is 37.2 Å². The maximum atomic E-state index is 12.9. The molecular weight excluding hydrogens is 324 g/mol. The molecule has 1 N–H and O–H groups in total. The number of carbonyl (C=O) groups excluding carboxylic acids is 1. The zero-order valence-electron chi connectivity index (χ0n) is 13.4. The number of halogens is 1. The first-order valence-corrected chi connectivity index (χ1v) is 8.83. The lowest BCUT2D eigenvalue weighted by atomic mass is 9.95. The van der Waals surface area contributed by atoms with Crippen LogP contribution < -0.4 is 9.80 Å². The maximum absolute atomic E-state index is 12.9. The second kappa shape index (κ2) is 6.15. The van der Waals surface area contributed by atoms with Crippen LogP contribution >= 0.6 is 11.6 Å². The number of nitrogens with zero attached hydrogens (tertiary/aromatic N) is 3. The monoisotopic (exact) mass is 343 g/mol. The van der Waals surface area contributed by atoms with Gasteiger partial charge in [-0.1, -0.05) is 24.4 Å². The fourth-order valence-corrected chi connectivity index (χ4v) is 4.28. The van der Waals surface area contributed by atoms with Gasteiger partial charge in [0.05, 0.1) is 12.7 Å². The molecule has 3 heterocycles. The van der Waals surface area contributed by atoms with E-state index < -0.39 is 0 Å². The molecule has 1 saturated heterocycles. The summed E-state index contributed by atoms with van der Waals surface area (Å²) in [5.41, 5.74) is 3.06. The summed E-state index contributed by atoms with van der Waals surface area (Å²) in [5.74, 6) is 0.503. The first kappa shape index (κ1) is 15.5. The van der Waals surface area contributed by atoms with Gasteiger partial charge in [0.15, 0.2) is 11.4 Å². The van der Waals surface area contributed by atoms with E-state index in [-0.39, 0.29) is 10.5 Å². The van der Waals surface area contributed by atoms with E-state index in [9.17, 15) is 4.79 Å². The molecule has 124 valence electrons. The van der Waals surface area contributed by atoms with Gasteiger partial charge in [-0.15, -0.1) is 0 Å². The van der Waals surface area contributed by atoms with Crippen molar-refractivity contribution in [3.63, 3.8) is 0 Å². The van der Waals surface area contributed by atoms with Crippen molar-refractivity contribution in [2.45, 2.75) is 31.6 Å². The van der Waals surface area contributed by atoms with E-state index in [1.807, 2.05) is 18.5 Å². The fraction of sp³-hybridized carbons (Fsp3) is 0.389. The molecule has 2 aromatic rings. The van der Waals surface area contributed by atoms with E-state index in [1.54, 1.807) is 12.3 Å². The highest BCUT2D eigenvalue weighted by atomic mass is 35.5. The minimum absolute atomic E-state index is 0.0236. The summed E-state index contributed by atoms with van der Waals surface area (Å²) in [6, 6.07) is 5.73. The first-order chi connectivity index (χ1) is 11.7. The molecule has 0 bridgehead atoms. The Balaban J connectivity index is 1.91. The van der Waals surface area contributed by atoms with Crippen LogP contribution in [0.25, 0.3) is 0 Å². The van der Waals surface area contributed by atoms with E-state index in [0.29, 0.717) is 24.2 Å². The summed E-state index contributed by atoms with van der Waals surface area (Å²) in [7, 11) is 0. The third-order valence-corrected chi connectivity index (χ3v) is 5.47. The Morgan fingerprint density at radius 3 is 2.75 bits per heavy atom. The SMILES string of the molecule is O=C1NCC[N+]1(c1ccnc(Cl)c1)c1cnccc1C1CCCC1. The fourth-order valence-electron chi connectivity index (χ4n) is 4.11. The van der Waals surface area contributed by atoms with E-state index in [0.717, 1.165) is 11.4 Å². The third-order valence-electron chi connectivity index (χ3n) is 5.26. The van der Waals surface area contributed by atoms with Crippen LogP contribution in [0.2, 0.25) is 5.15 Å². The van der Waals surface area contributed by atoms with Crippen LogP contribution in [0, 0.1) is 0 Å². The number of rotatable bonds is 3. The largest absolute Gasteiger partial charge is 0.427 e. The molecule has 0 radical (unpaired) electrons. The van der Waals surface area contributed by atoms with Crippen molar-refractivity contribution in [1.82, 2.24) is 19.8 Å². The average molecular weight is 344 g/mol. The second-order valence-electron chi connectivity index (χ2n) is 6.52. The Morgan fingerprint density at radius 1 is 1.21 bits per heavy atom. The molecule has 4 rings (SSSR count). The Labute approximate surface area is 146 Å². The molecule has 0 spiro atoms. The predicted octanol–water partition coefficient (Wildman–Crippen LogP) is 4.15. The number of hydrogen-bond acceptors (Lipinski definition) is 3. The van der Waals surface area contributed by atoms with Crippen molar-refractivity contribution in [3.8, 4) is 0 Å². The smallest absolute Gasteiger partial charge is 0.299 e. The maximum Gasteiger partial charge on any atom is 0.427 e. The molecule has 6 heteroatoms. The molecule has 2 fully saturated rings. The normalized spacial score (nSPS) is 24.3. The van der Waals surface area contributed by atoms with Crippen LogP contribution in [0.15, 0.2) is 36.8 Å². The number of carbonyl (C=O) groups is 1. The highest BCUT2D eigenvalue weighted by Crippen LogP contribution is 2.45. The lowest BCUT2D eigenvalue weighted by molar-refractivity contribution is 0.231. The van der Waals surface area contributed by atoms with Gasteiger partial charge in [-0.3, -0.25) is 10.3 Å². The van der Waals surface area contributed by atoms with E-state index in [1.165, 1.54) is 31.2 Å². The minimum Gasteiger partial charge on any atom is -0.299 e. The number of urea groups is 1. The van der Waals surface area contributed by atoms with Crippen molar-refractivity contribution < 1.29 is 4.79 Å². The molecule has 2 aliphatic rings. The first-order valence-electron chi connectivity index (χ1n) is 8.45. The van der Waals surface area contributed by atoms with Gasteiger partial charge in [0, 0.05) is 30.1 Å². The van der Waals surface area contributed by atoms with Crippen LogP contribution in [-0.2, 0) is 0 Å². The van der Waals surface area contributed by atoms with E-state index in [2.05, 4.69) is 21.4 Å². The van der Waals surface area contributed by atoms with Gasteiger partial charge >= 0.3 is 6.03 Å². The molecule has 2 aromatic heterocycles. The summed E-state index contributed by atoms with van der Waals surface area (Å²) < 4.78 is 0.127. The van der Waals surface area contributed by atoms with Gasteiger partial charge in [-0.25, -0.2) is 9.78 Å². The quantitative estimate of drug-likeness (QED) is 0.672. The predicted molar refractivity (Wildman–Crippen MR) is 94.4 cm³/mol. The third kappa shape index (κ3) is 2.39. The minimum atomic E-state index is -0.0236. The van der Waals surface area contributed by atoms with Crippen molar-refractivity contribution in [3.05, 3.63) is 47.5 Å². The zero-order chi connectivity index (χ0) is 16.6. The molecule has 2 amide bonds. The molecule has 1 aliphatic carbocycles. The van der Waals surface area contributed by atoms with Gasteiger partial charge in [0.1, 0.15) is 11.7 Å². The highest BCUT2D eigenvalue weighted by molar-refractivity contribution is 6.29. The number of hydrogen-bond donors (Lipinski definition) is 1. The Kier molecular flexibility index (Phi) is 3.98. The van der Waals surface area contributed by atoms with Crippen molar-refractivity contribution in [2.75, 3.05) is 13.1 Å². The second-order valence-corrected chi connectivity index (χ2v) is 6.91. The Hall–Kier alpha value is -1.98. The molecular formula is C18H20ClN4O+. The van der Waals surface area contributed by atoms with Crippen molar-refractivity contribution >= 4 is 29.0 Å². The summed E-state index contributed by atoms with van der Waals surface area (Å²) in [6.45, 7) is 1.29. The number of quaternary nitrogens is 1. The molecule has 1 atom stereocenters. The number of amides is 2. The molecule has 24 heavy (non-hydrogen) atoms. The van der Waals surface area contributed by atoms with Gasteiger partial charge in [-0.05, 0) is 24.8 Å². The van der Waals surface area contributed by atoms with Crippen LogP contribution in [0.5, 0.6) is 0 Å². The lowest BCUT2D eigenvalue weighted by Gasteiger charge is -2.31. The zero-order valence-corrected chi connectivity index (χ0v) is 14.2. The van der Waals surface area contributed by atoms with Crippen LogP contribution in [-0.4, -0.2) is 29.1 Å². The van der Waals surface area contributed by atoms with Crippen LogP contribution in [0.4, 0.5) is 16.2 Å². The van der Waals surface area contributed by atoms with Crippen LogP contribution in [0.3, 0.4) is 0 Å². The molecule has 1 aliphatic heterocycles. The Morgan fingerprint density at radius 2 is 2.04 bits per heavy atom. The molecule has 1 unspecified atom stereocenters. The van der Waals surface area contributed by atoms with Crippen molar-refractivity contribution in [1.29, 1.82) is 0 Å². The lowest BCUT2D eigenvalue weighted by Crippen LogP contribution is -2.47. The van der Waals surface area contributed by atoms with Gasteiger partial charge < -0.3 is 0 Å². The van der Waals surface area contributed by atoms with Crippen molar-refractivity contribution in [2.24, 2.45) is 0 Å². The van der Waals surface area contributed by atoms with Gasteiger partial charge in [-0.2, -0.15) is 4.48 Å². The topological polar surface area (TPSA) is 54.9 Å². The highest BCUT2D eigenvalue weighted by Gasteiger charge is 2.48. The average Bonchev–Trinajstić information content (AvgIpc) is 3.25. The summed E-state index contributed by atoms with van der Waals surface area (Å²) in [6.07, 6.45) is 10.2. The standard InChI is InChI=1S/C18H19ClN4O/c19-17-11-14(5-8-21-17)23(10-9-22-18(23)24)16-12-20-7-6-15(16)13-3-1-2-4-13/h5-8,11-13H,1-4,9-10H2/p+1. The summed E-state index contributed by atoms with van der Waals surface area (Å²) >= 11 is 6.12. The van der Waals surface area contributed by atoms with Gasteiger partial charge in [0.25, 0.3) is 0 Å².